The van der Waals surface area contributed by atoms with Gasteiger partial charge in [-0.3, -0.25) is 0 Å². The quantitative estimate of drug-likeness (QED) is 0.884. The van der Waals surface area contributed by atoms with Crippen LogP contribution in [0.5, 0.6) is 0 Å². The van der Waals surface area contributed by atoms with Gasteiger partial charge in [0.2, 0.25) is 10.0 Å². The molecule has 0 aliphatic heterocycles. The summed E-state index contributed by atoms with van der Waals surface area (Å²) in [6, 6.07) is 2.92. The monoisotopic (exact) mass is 350 g/mol. The molecule has 0 bridgehead atoms. The zero-order chi connectivity index (χ0) is 14.2. The van der Waals surface area contributed by atoms with E-state index in [1.54, 1.807) is 13.1 Å². The Morgan fingerprint density at radius 1 is 1.47 bits per heavy atom. The van der Waals surface area contributed by atoms with Crippen LogP contribution in [-0.2, 0) is 16.6 Å². The second-order valence-electron chi connectivity index (χ2n) is 4.66. The van der Waals surface area contributed by atoms with Gasteiger partial charge in [-0.05, 0) is 32.0 Å². The van der Waals surface area contributed by atoms with Gasteiger partial charge < -0.3 is 5.32 Å². The maximum absolute atomic E-state index is 14.3. The standard InChI is InChI=1S/C12H16BrFN2O2S/c1-15-7-8-5-9(13)6-11(12(8)14)19(17,18)16(2)10-3-4-10/h5-6,10,15H,3-4,7H2,1-2H3. The normalized spacial score (nSPS) is 16.1. The third-order valence-corrected chi connectivity index (χ3v) is 5.53. The lowest BCUT2D eigenvalue weighted by Gasteiger charge is -2.18. The van der Waals surface area contributed by atoms with Crippen LogP contribution in [0.3, 0.4) is 0 Å². The lowest BCUT2D eigenvalue weighted by molar-refractivity contribution is 0.456. The van der Waals surface area contributed by atoms with Gasteiger partial charge >= 0.3 is 0 Å². The Morgan fingerprint density at radius 2 is 2.11 bits per heavy atom. The molecule has 0 atom stereocenters. The smallest absolute Gasteiger partial charge is 0.246 e. The number of sulfonamides is 1. The topological polar surface area (TPSA) is 49.4 Å². The highest BCUT2D eigenvalue weighted by atomic mass is 79.9. The summed E-state index contributed by atoms with van der Waals surface area (Å²) < 4.78 is 40.9. The molecule has 0 spiro atoms. The van der Waals surface area contributed by atoms with Gasteiger partial charge in [-0.2, -0.15) is 4.31 Å². The summed E-state index contributed by atoms with van der Waals surface area (Å²) in [5.41, 5.74) is 0.333. The minimum absolute atomic E-state index is 0.0103. The van der Waals surface area contributed by atoms with E-state index >= 15 is 0 Å². The van der Waals surface area contributed by atoms with Crippen molar-refractivity contribution in [2.45, 2.75) is 30.3 Å². The molecule has 0 heterocycles. The number of benzene rings is 1. The minimum atomic E-state index is -3.77. The molecular formula is C12H16BrFN2O2S. The fourth-order valence-electron chi connectivity index (χ4n) is 1.91. The average Bonchev–Trinajstić information content (AvgIpc) is 3.16. The fourth-order valence-corrected chi connectivity index (χ4v) is 4.12. The van der Waals surface area contributed by atoms with Crippen molar-refractivity contribution in [2.75, 3.05) is 14.1 Å². The lowest BCUT2D eigenvalue weighted by atomic mass is 10.2. The molecule has 0 aromatic heterocycles. The molecule has 0 amide bonds. The first-order valence-electron chi connectivity index (χ1n) is 5.98. The fraction of sp³-hybridized carbons (Fsp3) is 0.500. The zero-order valence-corrected chi connectivity index (χ0v) is 13.2. The van der Waals surface area contributed by atoms with E-state index < -0.39 is 15.8 Å². The predicted octanol–water partition coefficient (Wildman–Crippen LogP) is 2.09. The Bertz CT molecular complexity index is 588. The SMILES string of the molecule is CNCc1cc(Br)cc(S(=O)(=O)N(C)C2CC2)c1F. The van der Waals surface area contributed by atoms with Crippen molar-refractivity contribution in [3.05, 3.63) is 28.0 Å². The maximum Gasteiger partial charge on any atom is 0.246 e. The van der Waals surface area contributed by atoms with Crippen LogP contribution >= 0.6 is 15.9 Å². The second kappa shape index (κ2) is 5.47. The van der Waals surface area contributed by atoms with E-state index in [4.69, 9.17) is 0 Å². The van der Waals surface area contributed by atoms with Crippen LogP contribution in [0.2, 0.25) is 0 Å². The Balaban J connectivity index is 2.49. The molecule has 1 fully saturated rings. The van der Waals surface area contributed by atoms with Crippen LogP contribution in [0.4, 0.5) is 4.39 Å². The molecule has 1 N–H and O–H groups in total. The van der Waals surface area contributed by atoms with Crippen molar-refractivity contribution in [2.24, 2.45) is 0 Å². The highest BCUT2D eigenvalue weighted by Crippen LogP contribution is 2.33. The third kappa shape index (κ3) is 2.99. The van der Waals surface area contributed by atoms with Gasteiger partial charge in [0.25, 0.3) is 0 Å². The van der Waals surface area contributed by atoms with Crippen LogP contribution in [0.25, 0.3) is 0 Å². The molecule has 1 aromatic carbocycles. The van der Waals surface area contributed by atoms with Crippen LogP contribution in [-0.4, -0.2) is 32.9 Å². The molecule has 1 saturated carbocycles. The lowest BCUT2D eigenvalue weighted by Crippen LogP contribution is -2.30. The van der Waals surface area contributed by atoms with Crippen LogP contribution in [0.15, 0.2) is 21.5 Å². The molecule has 4 nitrogen and oxygen atoms in total. The van der Waals surface area contributed by atoms with Gasteiger partial charge in [0.1, 0.15) is 10.7 Å². The van der Waals surface area contributed by atoms with Gasteiger partial charge in [-0.15, -0.1) is 0 Å². The molecule has 7 heteroatoms. The number of hydrogen-bond acceptors (Lipinski definition) is 3. The summed E-state index contributed by atoms with van der Waals surface area (Å²) in [6.45, 7) is 0.279. The van der Waals surface area contributed by atoms with Crippen molar-refractivity contribution in [1.29, 1.82) is 0 Å². The van der Waals surface area contributed by atoms with Gasteiger partial charge in [0.05, 0.1) is 0 Å². The zero-order valence-electron chi connectivity index (χ0n) is 10.8. The van der Waals surface area contributed by atoms with E-state index in [1.165, 1.54) is 17.4 Å². The Morgan fingerprint density at radius 3 is 2.63 bits per heavy atom. The highest BCUT2D eigenvalue weighted by molar-refractivity contribution is 9.10. The predicted molar refractivity (Wildman–Crippen MR) is 74.8 cm³/mol. The largest absolute Gasteiger partial charge is 0.316 e. The van der Waals surface area contributed by atoms with E-state index in [9.17, 15) is 12.8 Å². The van der Waals surface area contributed by atoms with E-state index in [-0.39, 0.29) is 17.5 Å². The number of nitrogens with zero attached hydrogens (tertiary/aromatic N) is 1. The molecule has 0 radical (unpaired) electrons. The minimum Gasteiger partial charge on any atom is -0.316 e. The molecule has 106 valence electrons. The van der Waals surface area contributed by atoms with Gasteiger partial charge in [0, 0.05) is 29.7 Å². The summed E-state index contributed by atoms with van der Waals surface area (Å²) >= 11 is 3.23. The van der Waals surface area contributed by atoms with E-state index in [2.05, 4.69) is 21.2 Å². The van der Waals surface area contributed by atoms with Crippen LogP contribution in [0.1, 0.15) is 18.4 Å². The number of rotatable bonds is 5. The van der Waals surface area contributed by atoms with Crippen molar-refractivity contribution in [1.82, 2.24) is 9.62 Å². The van der Waals surface area contributed by atoms with Crippen molar-refractivity contribution in [3.63, 3.8) is 0 Å². The molecule has 1 aromatic rings. The molecular weight excluding hydrogens is 335 g/mol. The average molecular weight is 351 g/mol. The molecule has 19 heavy (non-hydrogen) atoms. The van der Waals surface area contributed by atoms with E-state index in [0.717, 1.165) is 12.8 Å². The van der Waals surface area contributed by atoms with Crippen LogP contribution in [0, 0.1) is 5.82 Å². The van der Waals surface area contributed by atoms with E-state index in [0.29, 0.717) is 10.0 Å². The Kier molecular flexibility index (Phi) is 4.29. The van der Waals surface area contributed by atoms with Crippen LogP contribution < -0.4 is 5.32 Å². The molecule has 1 aliphatic carbocycles. The number of halogens is 2. The summed E-state index contributed by atoms with van der Waals surface area (Å²) in [7, 11) is -0.579. The van der Waals surface area contributed by atoms with E-state index in [1.807, 2.05) is 0 Å². The molecule has 2 rings (SSSR count). The van der Waals surface area contributed by atoms with Gasteiger partial charge in [-0.25, -0.2) is 12.8 Å². The number of hydrogen-bond donors (Lipinski definition) is 1. The summed E-state index contributed by atoms with van der Waals surface area (Å²) in [5, 5.41) is 2.83. The number of nitrogens with one attached hydrogen (secondary N) is 1. The van der Waals surface area contributed by atoms with Crippen molar-refractivity contribution >= 4 is 26.0 Å². The second-order valence-corrected chi connectivity index (χ2v) is 7.54. The first-order valence-corrected chi connectivity index (χ1v) is 8.21. The molecule has 1 aliphatic rings. The van der Waals surface area contributed by atoms with Crippen molar-refractivity contribution in [3.8, 4) is 0 Å². The third-order valence-electron chi connectivity index (χ3n) is 3.16. The Hall–Kier alpha value is -0.500. The summed E-state index contributed by atoms with van der Waals surface area (Å²) in [6.07, 6.45) is 1.68. The molecule has 0 unspecified atom stereocenters. The highest BCUT2D eigenvalue weighted by Gasteiger charge is 2.36. The first-order chi connectivity index (χ1) is 8.87. The molecule has 0 saturated heterocycles. The van der Waals surface area contributed by atoms with Gasteiger partial charge in [0.15, 0.2) is 0 Å². The Labute approximate surface area is 121 Å². The summed E-state index contributed by atoms with van der Waals surface area (Å²) in [4.78, 5) is -0.262. The summed E-state index contributed by atoms with van der Waals surface area (Å²) in [5.74, 6) is -0.676. The van der Waals surface area contributed by atoms with Gasteiger partial charge in [-0.1, -0.05) is 15.9 Å². The van der Waals surface area contributed by atoms with Crippen molar-refractivity contribution < 1.29 is 12.8 Å². The maximum atomic E-state index is 14.3. The first kappa shape index (κ1) is 14.9.